The van der Waals surface area contributed by atoms with Gasteiger partial charge in [0.1, 0.15) is 12.7 Å². The molecule has 1 aliphatic carbocycles. The van der Waals surface area contributed by atoms with E-state index in [1.807, 2.05) is 29.7 Å². The number of hydrogen-bond acceptors (Lipinski definition) is 5. The fourth-order valence-electron chi connectivity index (χ4n) is 4.20. The fourth-order valence-corrected chi connectivity index (χ4v) is 4.20. The van der Waals surface area contributed by atoms with Gasteiger partial charge in [-0.2, -0.15) is 0 Å². The molecule has 4 rings (SSSR count). The van der Waals surface area contributed by atoms with Crippen molar-refractivity contribution in [1.82, 2.24) is 25.0 Å². The van der Waals surface area contributed by atoms with Crippen molar-refractivity contribution >= 4 is 11.7 Å². The van der Waals surface area contributed by atoms with Gasteiger partial charge in [-0.25, -0.2) is 4.79 Å². The topological polar surface area (TPSA) is 84.3 Å². The number of nitrogens with zero attached hydrogens (tertiary/aromatic N) is 4. The van der Waals surface area contributed by atoms with E-state index in [9.17, 15) is 4.79 Å². The lowest BCUT2D eigenvalue weighted by Crippen LogP contribution is -2.56. The average Bonchev–Trinajstić information content (AvgIpc) is 3.37. The molecule has 150 valence electrons. The van der Waals surface area contributed by atoms with E-state index < -0.39 is 0 Å². The number of benzene rings is 1. The molecular formula is C20H28N6O2. The molecule has 2 amide bonds. The Morgan fingerprint density at radius 2 is 1.89 bits per heavy atom. The molecule has 2 aromatic rings. The number of carbonyl (C=O) groups excluding carboxylic acids is 1. The third kappa shape index (κ3) is 4.34. The lowest BCUT2D eigenvalue weighted by atomic mass is 9.96. The van der Waals surface area contributed by atoms with Crippen LogP contribution in [0.5, 0.6) is 0 Å². The molecule has 1 saturated carbocycles. The monoisotopic (exact) mass is 384 g/mol. The van der Waals surface area contributed by atoms with Crippen LogP contribution in [0, 0.1) is 6.92 Å². The largest absolute Gasteiger partial charge is 0.379 e. The van der Waals surface area contributed by atoms with Gasteiger partial charge in [0.25, 0.3) is 0 Å². The van der Waals surface area contributed by atoms with Gasteiger partial charge in [0, 0.05) is 25.3 Å². The second-order valence-electron chi connectivity index (χ2n) is 7.82. The molecule has 0 radical (unpaired) electrons. The molecule has 28 heavy (non-hydrogen) atoms. The highest BCUT2D eigenvalue weighted by atomic mass is 16.5. The molecule has 2 aliphatic rings. The summed E-state index contributed by atoms with van der Waals surface area (Å²) in [4.78, 5) is 15.3. The number of morpholine rings is 1. The Morgan fingerprint density at radius 3 is 2.61 bits per heavy atom. The summed E-state index contributed by atoms with van der Waals surface area (Å²) in [6.07, 6.45) is 7.66. The molecule has 0 spiro atoms. The molecule has 2 N–H and O–H groups in total. The minimum atomic E-state index is -0.152. The second-order valence-corrected chi connectivity index (χ2v) is 7.82. The molecule has 8 heteroatoms. The summed E-state index contributed by atoms with van der Waals surface area (Å²) in [5.41, 5.74) is 2.57. The van der Waals surface area contributed by atoms with Crippen LogP contribution in [0.3, 0.4) is 0 Å². The molecular weight excluding hydrogens is 356 g/mol. The van der Waals surface area contributed by atoms with Crippen LogP contribution in [-0.4, -0.2) is 64.1 Å². The molecule has 1 saturated heterocycles. The number of nitrogens with one attached hydrogen (secondary N) is 2. The van der Waals surface area contributed by atoms with Gasteiger partial charge in [-0.15, -0.1) is 10.2 Å². The Hall–Kier alpha value is -2.45. The molecule has 0 atom stereocenters. The van der Waals surface area contributed by atoms with E-state index in [4.69, 9.17) is 4.74 Å². The second kappa shape index (κ2) is 8.28. The number of aromatic nitrogens is 3. The van der Waals surface area contributed by atoms with Gasteiger partial charge in [-0.3, -0.25) is 9.47 Å². The number of urea groups is 1. The van der Waals surface area contributed by atoms with Crippen LogP contribution in [0.15, 0.2) is 30.9 Å². The summed E-state index contributed by atoms with van der Waals surface area (Å²) in [6, 6.07) is 5.78. The highest BCUT2D eigenvalue weighted by molar-refractivity contribution is 5.91. The van der Waals surface area contributed by atoms with Gasteiger partial charge in [0.15, 0.2) is 0 Å². The predicted octanol–water partition coefficient (Wildman–Crippen LogP) is 2.34. The smallest absolute Gasteiger partial charge is 0.319 e. The summed E-state index contributed by atoms with van der Waals surface area (Å²) in [5.74, 6) is 0. The first-order valence-corrected chi connectivity index (χ1v) is 9.99. The number of anilines is 1. The molecule has 1 aliphatic heterocycles. The first-order chi connectivity index (χ1) is 13.6. The SMILES string of the molecule is Cc1ccc(-n2cnnc2)cc1NC(=O)NC1(CN2CCOCC2)CCCC1. The number of carbonyl (C=O) groups is 1. The van der Waals surface area contributed by atoms with Gasteiger partial charge < -0.3 is 15.4 Å². The van der Waals surface area contributed by atoms with Crippen molar-refractivity contribution in [3.05, 3.63) is 36.4 Å². The number of aryl methyl sites for hydroxylation is 1. The Labute approximate surface area is 165 Å². The van der Waals surface area contributed by atoms with Gasteiger partial charge >= 0.3 is 6.03 Å². The van der Waals surface area contributed by atoms with Crippen molar-refractivity contribution < 1.29 is 9.53 Å². The summed E-state index contributed by atoms with van der Waals surface area (Å²) in [5, 5.41) is 14.0. The van der Waals surface area contributed by atoms with E-state index >= 15 is 0 Å². The number of rotatable bonds is 5. The summed E-state index contributed by atoms with van der Waals surface area (Å²) >= 11 is 0. The van der Waals surface area contributed by atoms with Gasteiger partial charge in [0.2, 0.25) is 0 Å². The first kappa shape index (κ1) is 18.9. The molecule has 8 nitrogen and oxygen atoms in total. The van der Waals surface area contributed by atoms with Crippen molar-refractivity contribution in [2.24, 2.45) is 0 Å². The van der Waals surface area contributed by atoms with E-state index in [0.29, 0.717) is 0 Å². The molecule has 0 bridgehead atoms. The maximum atomic E-state index is 12.9. The molecule has 0 unspecified atom stereocenters. The van der Waals surface area contributed by atoms with Crippen molar-refractivity contribution in [3.63, 3.8) is 0 Å². The third-order valence-corrected chi connectivity index (χ3v) is 5.76. The molecule has 2 heterocycles. The van der Waals surface area contributed by atoms with Crippen LogP contribution in [0.2, 0.25) is 0 Å². The van der Waals surface area contributed by atoms with Crippen molar-refractivity contribution in [3.8, 4) is 5.69 Å². The highest BCUT2D eigenvalue weighted by Gasteiger charge is 2.37. The zero-order valence-corrected chi connectivity index (χ0v) is 16.4. The van der Waals surface area contributed by atoms with E-state index in [2.05, 4.69) is 25.7 Å². The Balaban J connectivity index is 1.44. The Bertz CT molecular complexity index is 795. The molecule has 2 fully saturated rings. The summed E-state index contributed by atoms with van der Waals surface area (Å²) in [6.45, 7) is 6.30. The van der Waals surface area contributed by atoms with Crippen molar-refractivity contribution in [2.45, 2.75) is 38.1 Å². The van der Waals surface area contributed by atoms with Crippen LogP contribution < -0.4 is 10.6 Å². The number of ether oxygens (including phenoxy) is 1. The van der Waals surface area contributed by atoms with Crippen LogP contribution in [0.1, 0.15) is 31.2 Å². The minimum absolute atomic E-state index is 0.140. The predicted molar refractivity (Wildman–Crippen MR) is 107 cm³/mol. The van der Waals surface area contributed by atoms with Gasteiger partial charge in [-0.05, 0) is 37.5 Å². The van der Waals surface area contributed by atoms with E-state index in [0.717, 1.165) is 75.5 Å². The van der Waals surface area contributed by atoms with Gasteiger partial charge in [-0.1, -0.05) is 18.9 Å². The maximum Gasteiger partial charge on any atom is 0.319 e. The third-order valence-electron chi connectivity index (χ3n) is 5.76. The average molecular weight is 384 g/mol. The summed E-state index contributed by atoms with van der Waals surface area (Å²) < 4.78 is 7.28. The normalized spacial score (nSPS) is 19.5. The summed E-state index contributed by atoms with van der Waals surface area (Å²) in [7, 11) is 0. The van der Waals surface area contributed by atoms with Crippen LogP contribution in [0.25, 0.3) is 5.69 Å². The zero-order valence-electron chi connectivity index (χ0n) is 16.4. The quantitative estimate of drug-likeness (QED) is 0.827. The van der Waals surface area contributed by atoms with E-state index in [1.165, 1.54) is 0 Å². The van der Waals surface area contributed by atoms with Gasteiger partial charge in [0.05, 0.1) is 24.4 Å². The standard InChI is InChI=1S/C20H28N6O2/c1-16-4-5-17(26-14-21-22-15-26)12-18(16)23-19(27)24-20(6-2-3-7-20)13-25-8-10-28-11-9-25/h4-5,12,14-15H,2-3,6-11,13H2,1H3,(H2,23,24,27). The molecule has 1 aromatic carbocycles. The lowest BCUT2D eigenvalue weighted by Gasteiger charge is -2.37. The molecule has 1 aromatic heterocycles. The zero-order chi connectivity index (χ0) is 19.4. The van der Waals surface area contributed by atoms with Crippen LogP contribution in [0.4, 0.5) is 10.5 Å². The Kier molecular flexibility index (Phi) is 5.59. The van der Waals surface area contributed by atoms with Crippen molar-refractivity contribution in [1.29, 1.82) is 0 Å². The van der Waals surface area contributed by atoms with E-state index in [-0.39, 0.29) is 11.6 Å². The number of amides is 2. The van der Waals surface area contributed by atoms with Crippen LogP contribution >= 0.6 is 0 Å². The first-order valence-electron chi connectivity index (χ1n) is 9.99. The number of hydrogen-bond donors (Lipinski definition) is 2. The Morgan fingerprint density at radius 1 is 1.18 bits per heavy atom. The fraction of sp³-hybridized carbons (Fsp3) is 0.550. The lowest BCUT2D eigenvalue weighted by molar-refractivity contribution is 0.0254. The van der Waals surface area contributed by atoms with Crippen LogP contribution in [-0.2, 0) is 4.74 Å². The van der Waals surface area contributed by atoms with E-state index in [1.54, 1.807) is 12.7 Å². The van der Waals surface area contributed by atoms with Crippen molar-refractivity contribution in [2.75, 3.05) is 38.2 Å². The maximum absolute atomic E-state index is 12.9. The minimum Gasteiger partial charge on any atom is -0.379 e. The highest BCUT2D eigenvalue weighted by Crippen LogP contribution is 2.31.